The van der Waals surface area contributed by atoms with Gasteiger partial charge in [-0.1, -0.05) is 12.1 Å². The summed E-state index contributed by atoms with van der Waals surface area (Å²) in [7, 11) is 0. The zero-order valence-electron chi connectivity index (χ0n) is 12.0. The molecule has 1 aromatic carbocycles. The molecular formula is C16H19N3O2. The summed E-state index contributed by atoms with van der Waals surface area (Å²) < 4.78 is 5.06. The largest absolute Gasteiger partial charge is 0.463 e. The van der Waals surface area contributed by atoms with E-state index in [2.05, 4.69) is 34.9 Å². The molecule has 1 aromatic heterocycles. The number of nitrogens with one attached hydrogen (secondary N) is 2. The van der Waals surface area contributed by atoms with E-state index in [1.54, 1.807) is 18.4 Å². The number of rotatable bonds is 7. The van der Waals surface area contributed by atoms with Crippen LogP contribution in [0.1, 0.15) is 24.2 Å². The molecule has 5 heteroatoms. The van der Waals surface area contributed by atoms with E-state index in [1.165, 1.54) is 11.8 Å². The van der Waals surface area contributed by atoms with Crippen molar-refractivity contribution in [3.05, 3.63) is 54.0 Å². The third-order valence-corrected chi connectivity index (χ3v) is 2.85. The standard InChI is InChI=1S/C16H19N3O2/c1-13-5-2-6-14(11-13)17-9-3-8-16(20)19-18-12-15-7-4-10-21-15/h2,4-7,10-12,17H,3,8-9H2,1H3,(H,19,20)/b18-12+. The normalized spacial score (nSPS) is 10.7. The van der Waals surface area contributed by atoms with Crippen molar-refractivity contribution < 1.29 is 9.21 Å². The fraction of sp³-hybridized carbons (Fsp3) is 0.250. The number of hydrogen-bond donors (Lipinski definition) is 2. The molecule has 2 N–H and O–H groups in total. The molecule has 0 radical (unpaired) electrons. The molecule has 0 bridgehead atoms. The molecule has 0 atom stereocenters. The summed E-state index contributed by atoms with van der Waals surface area (Å²) in [6.45, 7) is 2.80. The lowest BCUT2D eigenvalue weighted by Crippen LogP contribution is -2.18. The summed E-state index contributed by atoms with van der Waals surface area (Å²) in [5, 5.41) is 7.11. The van der Waals surface area contributed by atoms with E-state index in [0.717, 1.165) is 18.7 Å². The molecule has 110 valence electrons. The van der Waals surface area contributed by atoms with Crippen LogP contribution in [0, 0.1) is 6.92 Å². The average Bonchev–Trinajstić information content (AvgIpc) is 2.97. The smallest absolute Gasteiger partial charge is 0.240 e. The summed E-state index contributed by atoms with van der Waals surface area (Å²) >= 11 is 0. The summed E-state index contributed by atoms with van der Waals surface area (Å²) in [6.07, 6.45) is 4.20. The van der Waals surface area contributed by atoms with Crippen LogP contribution >= 0.6 is 0 Å². The van der Waals surface area contributed by atoms with E-state index >= 15 is 0 Å². The fourth-order valence-corrected chi connectivity index (χ4v) is 1.83. The first-order valence-electron chi connectivity index (χ1n) is 6.90. The lowest BCUT2D eigenvalue weighted by molar-refractivity contribution is -0.121. The minimum Gasteiger partial charge on any atom is -0.463 e. The van der Waals surface area contributed by atoms with Crippen molar-refractivity contribution in [3.63, 3.8) is 0 Å². The van der Waals surface area contributed by atoms with Crippen molar-refractivity contribution in [1.29, 1.82) is 0 Å². The second-order valence-electron chi connectivity index (χ2n) is 4.71. The third kappa shape index (κ3) is 5.52. The highest BCUT2D eigenvalue weighted by molar-refractivity contribution is 5.80. The van der Waals surface area contributed by atoms with Gasteiger partial charge in [0.1, 0.15) is 5.76 Å². The lowest BCUT2D eigenvalue weighted by atomic mass is 10.2. The van der Waals surface area contributed by atoms with Crippen LogP contribution in [0.25, 0.3) is 0 Å². The molecule has 1 amide bonds. The summed E-state index contributed by atoms with van der Waals surface area (Å²) in [6, 6.07) is 11.7. The number of anilines is 1. The zero-order valence-corrected chi connectivity index (χ0v) is 12.0. The molecule has 0 aliphatic rings. The molecule has 5 nitrogen and oxygen atoms in total. The third-order valence-electron chi connectivity index (χ3n) is 2.85. The molecule has 0 spiro atoms. The number of amides is 1. The number of aryl methyl sites for hydroxylation is 1. The second kappa shape index (κ2) is 7.89. The molecule has 0 saturated heterocycles. The number of carbonyl (C=O) groups excluding carboxylic acids is 1. The Bertz CT molecular complexity index is 591. The maximum absolute atomic E-state index is 11.6. The van der Waals surface area contributed by atoms with Crippen LogP contribution in [0.15, 0.2) is 52.2 Å². The van der Waals surface area contributed by atoms with E-state index in [-0.39, 0.29) is 5.91 Å². The SMILES string of the molecule is Cc1cccc(NCCCC(=O)N/N=C/c2ccco2)c1. The Hall–Kier alpha value is -2.56. The molecule has 2 aromatic rings. The van der Waals surface area contributed by atoms with Gasteiger partial charge in [-0.05, 0) is 43.2 Å². The van der Waals surface area contributed by atoms with Crippen LogP contribution in [0.5, 0.6) is 0 Å². The van der Waals surface area contributed by atoms with Crippen molar-refractivity contribution in [1.82, 2.24) is 5.43 Å². The molecule has 0 fully saturated rings. The summed E-state index contributed by atoms with van der Waals surface area (Å²) in [4.78, 5) is 11.6. The van der Waals surface area contributed by atoms with Gasteiger partial charge >= 0.3 is 0 Å². The number of hydrogen-bond acceptors (Lipinski definition) is 4. The van der Waals surface area contributed by atoms with Gasteiger partial charge in [-0.3, -0.25) is 4.79 Å². The van der Waals surface area contributed by atoms with Crippen LogP contribution in [0.2, 0.25) is 0 Å². The quantitative estimate of drug-likeness (QED) is 0.467. The average molecular weight is 285 g/mol. The van der Waals surface area contributed by atoms with Crippen LogP contribution in [0.4, 0.5) is 5.69 Å². The predicted octanol–water partition coefficient (Wildman–Crippen LogP) is 2.93. The zero-order chi connectivity index (χ0) is 14.9. The number of hydrazone groups is 1. The van der Waals surface area contributed by atoms with Crippen LogP contribution in [-0.2, 0) is 4.79 Å². The number of carbonyl (C=O) groups is 1. The molecule has 0 saturated carbocycles. The van der Waals surface area contributed by atoms with Crippen molar-refractivity contribution in [2.45, 2.75) is 19.8 Å². The van der Waals surface area contributed by atoms with Gasteiger partial charge < -0.3 is 9.73 Å². The summed E-state index contributed by atoms with van der Waals surface area (Å²) in [5.41, 5.74) is 4.76. The van der Waals surface area contributed by atoms with Gasteiger partial charge in [-0.25, -0.2) is 5.43 Å². The van der Waals surface area contributed by atoms with Gasteiger partial charge in [0.05, 0.1) is 12.5 Å². The minimum atomic E-state index is -0.108. The molecular weight excluding hydrogens is 266 g/mol. The fourth-order valence-electron chi connectivity index (χ4n) is 1.83. The van der Waals surface area contributed by atoms with Gasteiger partial charge in [0.15, 0.2) is 0 Å². The van der Waals surface area contributed by atoms with E-state index in [1.807, 2.05) is 12.1 Å². The van der Waals surface area contributed by atoms with Gasteiger partial charge in [-0.2, -0.15) is 5.10 Å². The molecule has 0 unspecified atom stereocenters. The molecule has 0 aliphatic carbocycles. The highest BCUT2D eigenvalue weighted by atomic mass is 16.3. The molecule has 2 rings (SSSR count). The highest BCUT2D eigenvalue weighted by Gasteiger charge is 1.99. The molecule has 1 heterocycles. The number of nitrogens with zero attached hydrogens (tertiary/aromatic N) is 1. The van der Waals surface area contributed by atoms with Crippen molar-refractivity contribution in [3.8, 4) is 0 Å². The first-order valence-corrected chi connectivity index (χ1v) is 6.90. The lowest BCUT2D eigenvalue weighted by Gasteiger charge is -2.06. The number of benzene rings is 1. The van der Waals surface area contributed by atoms with Crippen molar-refractivity contribution in [2.24, 2.45) is 5.10 Å². The Morgan fingerprint density at radius 3 is 3.00 bits per heavy atom. The van der Waals surface area contributed by atoms with E-state index in [0.29, 0.717) is 12.2 Å². The topological polar surface area (TPSA) is 66.6 Å². The van der Waals surface area contributed by atoms with E-state index in [9.17, 15) is 4.79 Å². The Morgan fingerprint density at radius 1 is 1.33 bits per heavy atom. The molecule has 21 heavy (non-hydrogen) atoms. The first-order chi connectivity index (χ1) is 10.2. The van der Waals surface area contributed by atoms with Crippen LogP contribution in [-0.4, -0.2) is 18.7 Å². The minimum absolute atomic E-state index is 0.108. The van der Waals surface area contributed by atoms with Crippen molar-refractivity contribution >= 4 is 17.8 Å². The molecule has 0 aliphatic heterocycles. The van der Waals surface area contributed by atoms with E-state index in [4.69, 9.17) is 4.42 Å². The Balaban J connectivity index is 1.61. The second-order valence-corrected chi connectivity index (χ2v) is 4.71. The van der Waals surface area contributed by atoms with E-state index < -0.39 is 0 Å². The van der Waals surface area contributed by atoms with Crippen molar-refractivity contribution in [2.75, 3.05) is 11.9 Å². The van der Waals surface area contributed by atoms with Gasteiger partial charge in [0, 0.05) is 18.7 Å². The number of furan rings is 1. The van der Waals surface area contributed by atoms with Crippen LogP contribution in [0.3, 0.4) is 0 Å². The summed E-state index contributed by atoms with van der Waals surface area (Å²) in [5.74, 6) is 0.500. The van der Waals surface area contributed by atoms with Gasteiger partial charge in [0.25, 0.3) is 0 Å². The Labute approximate surface area is 124 Å². The van der Waals surface area contributed by atoms with Crippen LogP contribution < -0.4 is 10.7 Å². The van der Waals surface area contributed by atoms with Gasteiger partial charge in [0.2, 0.25) is 5.91 Å². The van der Waals surface area contributed by atoms with Gasteiger partial charge in [-0.15, -0.1) is 0 Å². The first kappa shape index (κ1) is 14.8. The Kier molecular flexibility index (Phi) is 5.58. The maximum Gasteiger partial charge on any atom is 0.240 e. The Morgan fingerprint density at radius 2 is 2.24 bits per heavy atom. The monoisotopic (exact) mass is 285 g/mol. The highest BCUT2D eigenvalue weighted by Crippen LogP contribution is 2.09. The predicted molar refractivity (Wildman–Crippen MR) is 83.3 cm³/mol. The maximum atomic E-state index is 11.6.